The predicted octanol–water partition coefficient (Wildman–Crippen LogP) is 1.94. The van der Waals surface area contributed by atoms with Crippen LogP contribution in [-0.2, 0) is 7.05 Å². The van der Waals surface area contributed by atoms with Gasteiger partial charge in [-0.3, -0.25) is 0 Å². The highest BCUT2D eigenvalue weighted by atomic mass is 16.5. The molecule has 0 spiro atoms. The molecule has 0 amide bonds. The van der Waals surface area contributed by atoms with Gasteiger partial charge >= 0.3 is 0 Å². The number of imidazole rings is 1. The summed E-state index contributed by atoms with van der Waals surface area (Å²) >= 11 is 0. The third-order valence-corrected chi connectivity index (χ3v) is 3.24. The van der Waals surface area contributed by atoms with E-state index in [1.54, 1.807) is 6.33 Å². The third kappa shape index (κ3) is 1.70. The molecular formula is C13H15N3O. The van der Waals surface area contributed by atoms with Crippen molar-refractivity contribution in [2.24, 2.45) is 12.8 Å². The quantitative estimate of drug-likeness (QED) is 0.813. The predicted molar refractivity (Wildman–Crippen MR) is 64.6 cm³/mol. The van der Waals surface area contributed by atoms with Gasteiger partial charge in [0.1, 0.15) is 11.9 Å². The second-order valence-electron chi connectivity index (χ2n) is 4.42. The molecular weight excluding hydrogens is 214 g/mol. The maximum Gasteiger partial charge on any atom is 0.142 e. The molecule has 1 aliphatic rings. The van der Waals surface area contributed by atoms with E-state index < -0.39 is 0 Å². The second-order valence-corrected chi connectivity index (χ2v) is 4.42. The van der Waals surface area contributed by atoms with Crippen molar-refractivity contribution in [3.8, 4) is 5.75 Å². The number of hydrogen-bond donors (Lipinski definition) is 1. The Morgan fingerprint density at radius 2 is 2.24 bits per heavy atom. The molecule has 1 unspecified atom stereocenters. The Morgan fingerprint density at radius 1 is 1.41 bits per heavy atom. The minimum atomic E-state index is -0.00704. The first-order chi connectivity index (χ1) is 8.25. The van der Waals surface area contributed by atoms with Crippen LogP contribution in [-0.4, -0.2) is 9.55 Å². The van der Waals surface area contributed by atoms with E-state index in [0.717, 1.165) is 23.4 Å². The minimum Gasteiger partial charge on any atom is -0.484 e. The highest BCUT2D eigenvalue weighted by Crippen LogP contribution is 2.38. The van der Waals surface area contributed by atoms with E-state index in [1.807, 2.05) is 42.1 Å². The highest BCUT2D eigenvalue weighted by molar-refractivity contribution is 5.38. The summed E-state index contributed by atoms with van der Waals surface area (Å²) in [6.07, 6.45) is 4.40. The number of benzene rings is 1. The fraction of sp³-hybridized carbons (Fsp3) is 0.308. The molecule has 0 aliphatic carbocycles. The highest BCUT2D eigenvalue weighted by Gasteiger charge is 2.28. The van der Waals surface area contributed by atoms with Crippen molar-refractivity contribution >= 4 is 0 Å². The number of nitrogens with zero attached hydrogens (tertiary/aromatic N) is 2. The molecule has 2 N–H and O–H groups in total. The van der Waals surface area contributed by atoms with Gasteiger partial charge in [0.05, 0.1) is 18.2 Å². The lowest BCUT2D eigenvalue weighted by atomic mass is 9.96. The Morgan fingerprint density at radius 3 is 3.00 bits per heavy atom. The minimum absolute atomic E-state index is 0.00704. The van der Waals surface area contributed by atoms with E-state index in [9.17, 15) is 0 Å². The lowest BCUT2D eigenvalue weighted by Gasteiger charge is -2.30. The number of para-hydroxylation sites is 1. The largest absolute Gasteiger partial charge is 0.484 e. The normalized spacial score (nSPS) is 22.9. The summed E-state index contributed by atoms with van der Waals surface area (Å²) in [7, 11) is 1.97. The van der Waals surface area contributed by atoms with E-state index in [4.69, 9.17) is 10.5 Å². The van der Waals surface area contributed by atoms with Crippen LogP contribution in [0.25, 0.3) is 0 Å². The molecule has 1 aromatic carbocycles. The number of ether oxygens (including phenoxy) is 1. The maximum atomic E-state index is 6.18. The third-order valence-electron chi connectivity index (χ3n) is 3.24. The van der Waals surface area contributed by atoms with Gasteiger partial charge in [0.2, 0.25) is 0 Å². The zero-order valence-electron chi connectivity index (χ0n) is 9.71. The van der Waals surface area contributed by atoms with Crippen molar-refractivity contribution in [3.05, 3.63) is 48.0 Å². The Labute approximate surface area is 100 Å². The van der Waals surface area contributed by atoms with Crippen LogP contribution in [0.4, 0.5) is 0 Å². The number of aryl methyl sites for hydroxylation is 1. The fourth-order valence-electron chi connectivity index (χ4n) is 2.31. The van der Waals surface area contributed by atoms with Crippen molar-refractivity contribution in [2.45, 2.75) is 18.6 Å². The molecule has 4 heteroatoms. The Balaban J connectivity index is 1.96. The first-order valence-corrected chi connectivity index (χ1v) is 5.73. The topological polar surface area (TPSA) is 53.1 Å². The molecule has 2 atom stereocenters. The molecule has 17 heavy (non-hydrogen) atoms. The van der Waals surface area contributed by atoms with Gasteiger partial charge in [0.15, 0.2) is 0 Å². The van der Waals surface area contributed by atoms with Crippen LogP contribution < -0.4 is 10.5 Å². The van der Waals surface area contributed by atoms with Gasteiger partial charge in [0.25, 0.3) is 0 Å². The van der Waals surface area contributed by atoms with Gasteiger partial charge in [-0.25, -0.2) is 4.98 Å². The Bertz CT molecular complexity index is 535. The Kier molecular flexibility index (Phi) is 2.37. The average Bonchev–Trinajstić information content (AvgIpc) is 2.75. The van der Waals surface area contributed by atoms with Crippen molar-refractivity contribution in [3.63, 3.8) is 0 Å². The number of hydrogen-bond acceptors (Lipinski definition) is 3. The van der Waals surface area contributed by atoms with Crippen LogP contribution in [0, 0.1) is 0 Å². The molecule has 2 heterocycles. The van der Waals surface area contributed by atoms with Crippen LogP contribution in [0.1, 0.15) is 29.8 Å². The Hall–Kier alpha value is -1.81. The van der Waals surface area contributed by atoms with E-state index in [-0.39, 0.29) is 12.1 Å². The second kappa shape index (κ2) is 3.89. The van der Waals surface area contributed by atoms with Crippen LogP contribution >= 0.6 is 0 Å². The number of fused-ring (bicyclic) bond motifs is 1. The standard InChI is InChI=1S/C13H15N3O/c1-16-8-15-7-11(16)13-6-10(14)9-4-2-3-5-12(9)17-13/h2-5,7-8,10,13H,6,14H2,1H3/t10-,13?/m1/s1. The number of rotatable bonds is 1. The zero-order valence-corrected chi connectivity index (χ0v) is 9.71. The van der Waals surface area contributed by atoms with Gasteiger partial charge in [-0.15, -0.1) is 0 Å². The van der Waals surface area contributed by atoms with Crippen molar-refractivity contribution in [2.75, 3.05) is 0 Å². The maximum absolute atomic E-state index is 6.18. The van der Waals surface area contributed by atoms with Crippen molar-refractivity contribution in [1.82, 2.24) is 9.55 Å². The SMILES string of the molecule is Cn1cncc1C1C[C@@H](N)c2ccccc2O1. The number of aromatic nitrogens is 2. The molecule has 4 nitrogen and oxygen atoms in total. The smallest absolute Gasteiger partial charge is 0.142 e. The molecule has 1 aromatic heterocycles. The summed E-state index contributed by atoms with van der Waals surface area (Å²) in [5.41, 5.74) is 8.34. The summed E-state index contributed by atoms with van der Waals surface area (Å²) < 4.78 is 7.96. The van der Waals surface area contributed by atoms with Crippen LogP contribution in [0.15, 0.2) is 36.8 Å². The van der Waals surface area contributed by atoms with Crippen LogP contribution in [0.2, 0.25) is 0 Å². The summed E-state index contributed by atoms with van der Waals surface area (Å²) in [6.45, 7) is 0. The molecule has 88 valence electrons. The van der Waals surface area contributed by atoms with Gasteiger partial charge in [-0.1, -0.05) is 18.2 Å². The van der Waals surface area contributed by atoms with Crippen molar-refractivity contribution < 1.29 is 4.74 Å². The molecule has 1 aliphatic heterocycles. The van der Waals surface area contributed by atoms with E-state index in [2.05, 4.69) is 4.98 Å². The van der Waals surface area contributed by atoms with Crippen LogP contribution in [0.3, 0.4) is 0 Å². The monoisotopic (exact) mass is 229 g/mol. The van der Waals surface area contributed by atoms with Crippen molar-refractivity contribution in [1.29, 1.82) is 0 Å². The first-order valence-electron chi connectivity index (χ1n) is 5.73. The number of nitrogens with two attached hydrogens (primary N) is 1. The molecule has 0 saturated heterocycles. The first kappa shape index (κ1) is 10.4. The fourth-order valence-corrected chi connectivity index (χ4v) is 2.31. The van der Waals surface area contributed by atoms with Gasteiger partial charge < -0.3 is 15.0 Å². The molecule has 3 rings (SSSR count). The summed E-state index contributed by atoms with van der Waals surface area (Å²) in [6, 6.07) is 7.99. The summed E-state index contributed by atoms with van der Waals surface area (Å²) in [4.78, 5) is 4.12. The zero-order chi connectivity index (χ0) is 11.8. The van der Waals surface area contributed by atoms with Gasteiger partial charge in [-0.05, 0) is 6.07 Å². The average molecular weight is 229 g/mol. The lowest BCUT2D eigenvalue weighted by Crippen LogP contribution is -2.25. The molecule has 2 aromatic rings. The molecule has 0 saturated carbocycles. The summed E-state index contributed by atoms with van der Waals surface area (Å²) in [5.74, 6) is 0.887. The molecule has 0 bridgehead atoms. The molecule has 0 fully saturated rings. The van der Waals surface area contributed by atoms with Crippen LogP contribution in [0.5, 0.6) is 5.75 Å². The lowest BCUT2D eigenvalue weighted by molar-refractivity contribution is 0.154. The van der Waals surface area contributed by atoms with Gasteiger partial charge in [0, 0.05) is 25.1 Å². The van der Waals surface area contributed by atoms with E-state index >= 15 is 0 Å². The van der Waals surface area contributed by atoms with E-state index in [0.29, 0.717) is 0 Å². The summed E-state index contributed by atoms with van der Waals surface area (Å²) in [5, 5.41) is 0. The van der Waals surface area contributed by atoms with E-state index in [1.165, 1.54) is 0 Å². The van der Waals surface area contributed by atoms with Gasteiger partial charge in [-0.2, -0.15) is 0 Å². The molecule has 0 radical (unpaired) electrons.